The Balaban J connectivity index is 1.81. The van der Waals surface area contributed by atoms with E-state index in [0.717, 1.165) is 18.7 Å². The predicted molar refractivity (Wildman–Crippen MR) is 75.2 cm³/mol. The Morgan fingerprint density at radius 3 is 3.11 bits per heavy atom. The van der Waals surface area contributed by atoms with Gasteiger partial charge in [-0.2, -0.15) is 11.8 Å². The number of amides is 1. The molecule has 0 aliphatic heterocycles. The summed E-state index contributed by atoms with van der Waals surface area (Å²) in [4.78, 5) is 11.4. The lowest BCUT2D eigenvalue weighted by atomic mass is 10.1. The molecule has 1 aromatic carbocycles. The molecule has 1 aliphatic rings. The van der Waals surface area contributed by atoms with E-state index in [4.69, 9.17) is 4.74 Å². The summed E-state index contributed by atoms with van der Waals surface area (Å²) in [6, 6.07) is 8.21. The topological polar surface area (TPSA) is 38.3 Å². The van der Waals surface area contributed by atoms with Crippen molar-refractivity contribution >= 4 is 17.7 Å². The van der Waals surface area contributed by atoms with E-state index in [1.807, 2.05) is 18.4 Å². The average Bonchev–Trinajstić information content (AvgIpc) is 3.16. The van der Waals surface area contributed by atoms with Crippen LogP contribution in [-0.2, 0) is 4.79 Å². The molecule has 0 bridgehead atoms. The summed E-state index contributed by atoms with van der Waals surface area (Å²) in [5.41, 5.74) is 1.32. The van der Waals surface area contributed by atoms with Crippen LogP contribution in [0.15, 0.2) is 24.3 Å². The molecule has 0 saturated heterocycles. The van der Waals surface area contributed by atoms with Crippen LogP contribution in [0.25, 0.3) is 0 Å². The monoisotopic (exact) mass is 265 g/mol. The van der Waals surface area contributed by atoms with E-state index in [9.17, 15) is 4.79 Å². The van der Waals surface area contributed by atoms with Crippen LogP contribution in [0.3, 0.4) is 0 Å². The number of ether oxygens (including phenoxy) is 1. The van der Waals surface area contributed by atoms with Gasteiger partial charge in [-0.3, -0.25) is 4.79 Å². The molecule has 1 aliphatic carbocycles. The van der Waals surface area contributed by atoms with Crippen LogP contribution in [0.2, 0.25) is 0 Å². The highest BCUT2D eigenvalue weighted by molar-refractivity contribution is 7.99. The summed E-state index contributed by atoms with van der Waals surface area (Å²) in [5.74, 6) is 2.76. The van der Waals surface area contributed by atoms with Gasteiger partial charge < -0.3 is 10.1 Å². The summed E-state index contributed by atoms with van der Waals surface area (Å²) in [7, 11) is 1.69. The SMILES string of the molecule is COc1cccc(C2CC2CNC(=O)CSC)c1. The van der Waals surface area contributed by atoms with Crippen LogP contribution in [-0.4, -0.2) is 31.6 Å². The Labute approximate surface area is 112 Å². The van der Waals surface area contributed by atoms with Gasteiger partial charge in [-0.1, -0.05) is 12.1 Å². The first-order chi connectivity index (χ1) is 8.74. The summed E-state index contributed by atoms with van der Waals surface area (Å²) < 4.78 is 5.23. The van der Waals surface area contributed by atoms with Gasteiger partial charge in [-0.15, -0.1) is 0 Å². The highest BCUT2D eigenvalue weighted by Gasteiger charge is 2.38. The molecule has 2 rings (SSSR count). The van der Waals surface area contributed by atoms with Crippen LogP contribution >= 0.6 is 11.8 Å². The second-order valence-electron chi connectivity index (χ2n) is 4.62. The average molecular weight is 265 g/mol. The Bertz CT molecular complexity index is 422. The molecule has 4 heteroatoms. The van der Waals surface area contributed by atoms with E-state index in [1.54, 1.807) is 18.9 Å². The molecule has 18 heavy (non-hydrogen) atoms. The molecule has 1 N–H and O–H groups in total. The zero-order chi connectivity index (χ0) is 13.0. The molecule has 1 saturated carbocycles. The van der Waals surface area contributed by atoms with E-state index in [-0.39, 0.29) is 5.91 Å². The Hall–Kier alpha value is -1.16. The van der Waals surface area contributed by atoms with E-state index >= 15 is 0 Å². The van der Waals surface area contributed by atoms with Gasteiger partial charge in [0.1, 0.15) is 5.75 Å². The Morgan fingerprint density at radius 2 is 2.39 bits per heavy atom. The smallest absolute Gasteiger partial charge is 0.229 e. The minimum absolute atomic E-state index is 0.138. The molecule has 2 unspecified atom stereocenters. The first kappa shape index (κ1) is 13.3. The van der Waals surface area contributed by atoms with Crippen LogP contribution in [0.5, 0.6) is 5.75 Å². The molecule has 0 spiro atoms. The van der Waals surface area contributed by atoms with Crippen LogP contribution in [0.1, 0.15) is 17.9 Å². The van der Waals surface area contributed by atoms with Gasteiger partial charge in [0.2, 0.25) is 5.91 Å². The molecule has 0 aromatic heterocycles. The van der Waals surface area contributed by atoms with Crippen LogP contribution < -0.4 is 10.1 Å². The summed E-state index contributed by atoms with van der Waals surface area (Å²) >= 11 is 1.56. The maximum Gasteiger partial charge on any atom is 0.229 e. The van der Waals surface area contributed by atoms with Gasteiger partial charge in [-0.25, -0.2) is 0 Å². The lowest BCUT2D eigenvalue weighted by Crippen LogP contribution is -2.27. The molecule has 1 amide bonds. The third-order valence-corrected chi connectivity index (χ3v) is 3.83. The molecule has 2 atom stereocenters. The largest absolute Gasteiger partial charge is 0.497 e. The maximum atomic E-state index is 11.4. The van der Waals surface area contributed by atoms with Crippen LogP contribution in [0.4, 0.5) is 0 Å². The second kappa shape index (κ2) is 6.14. The highest BCUT2D eigenvalue weighted by Crippen LogP contribution is 2.47. The van der Waals surface area contributed by atoms with E-state index in [0.29, 0.717) is 17.6 Å². The van der Waals surface area contributed by atoms with Gasteiger partial charge in [0.15, 0.2) is 0 Å². The third kappa shape index (κ3) is 3.42. The quantitative estimate of drug-likeness (QED) is 0.857. The molecule has 98 valence electrons. The van der Waals surface area contributed by atoms with Crippen molar-refractivity contribution in [3.05, 3.63) is 29.8 Å². The maximum absolute atomic E-state index is 11.4. The van der Waals surface area contributed by atoms with Gasteiger partial charge in [0.05, 0.1) is 12.9 Å². The minimum atomic E-state index is 0.138. The van der Waals surface area contributed by atoms with Crippen molar-refractivity contribution in [2.45, 2.75) is 12.3 Å². The summed E-state index contributed by atoms with van der Waals surface area (Å²) in [5, 5.41) is 2.98. The number of rotatable bonds is 6. The molecular formula is C14H19NO2S. The third-order valence-electron chi connectivity index (χ3n) is 3.28. The van der Waals surface area contributed by atoms with E-state index in [1.165, 1.54) is 5.56 Å². The first-order valence-corrected chi connectivity index (χ1v) is 7.53. The minimum Gasteiger partial charge on any atom is -0.497 e. The van der Waals surface area contributed by atoms with Crippen molar-refractivity contribution in [1.82, 2.24) is 5.32 Å². The van der Waals surface area contributed by atoms with Gasteiger partial charge in [0, 0.05) is 6.54 Å². The zero-order valence-electron chi connectivity index (χ0n) is 10.8. The van der Waals surface area contributed by atoms with Crippen molar-refractivity contribution in [3.63, 3.8) is 0 Å². The summed E-state index contributed by atoms with van der Waals surface area (Å²) in [6.07, 6.45) is 3.10. The van der Waals surface area contributed by atoms with Crippen molar-refractivity contribution in [1.29, 1.82) is 0 Å². The molecule has 0 heterocycles. The summed E-state index contributed by atoms with van der Waals surface area (Å²) in [6.45, 7) is 0.793. The molecular weight excluding hydrogens is 246 g/mol. The lowest BCUT2D eigenvalue weighted by Gasteiger charge is -2.05. The van der Waals surface area contributed by atoms with Gasteiger partial charge >= 0.3 is 0 Å². The molecule has 0 radical (unpaired) electrons. The number of carbonyl (C=O) groups is 1. The Morgan fingerprint density at radius 1 is 1.56 bits per heavy atom. The predicted octanol–water partition coefficient (Wildman–Crippen LogP) is 2.28. The molecule has 3 nitrogen and oxygen atoms in total. The Kier molecular flexibility index (Phi) is 4.53. The number of nitrogens with one attached hydrogen (secondary N) is 1. The van der Waals surface area contributed by atoms with Crippen molar-refractivity contribution in [3.8, 4) is 5.75 Å². The van der Waals surface area contributed by atoms with Gasteiger partial charge in [0.25, 0.3) is 0 Å². The van der Waals surface area contributed by atoms with Crippen molar-refractivity contribution < 1.29 is 9.53 Å². The van der Waals surface area contributed by atoms with Crippen molar-refractivity contribution in [2.24, 2.45) is 5.92 Å². The highest BCUT2D eigenvalue weighted by atomic mass is 32.2. The molecule has 1 aromatic rings. The first-order valence-electron chi connectivity index (χ1n) is 6.14. The molecule has 1 fully saturated rings. The van der Waals surface area contributed by atoms with Crippen molar-refractivity contribution in [2.75, 3.05) is 25.7 Å². The number of hydrogen-bond donors (Lipinski definition) is 1. The second-order valence-corrected chi connectivity index (χ2v) is 5.48. The normalized spacial score (nSPS) is 21.4. The van der Waals surface area contributed by atoms with E-state index in [2.05, 4.69) is 17.4 Å². The number of benzene rings is 1. The number of hydrogen-bond acceptors (Lipinski definition) is 3. The number of methoxy groups -OCH3 is 1. The van der Waals surface area contributed by atoms with Gasteiger partial charge in [-0.05, 0) is 42.2 Å². The fourth-order valence-electron chi connectivity index (χ4n) is 2.18. The number of thioether (sulfide) groups is 1. The standard InChI is InChI=1S/C14H19NO2S/c1-17-12-5-3-4-10(6-12)13-7-11(13)8-15-14(16)9-18-2/h3-6,11,13H,7-9H2,1-2H3,(H,15,16). The van der Waals surface area contributed by atoms with E-state index < -0.39 is 0 Å². The fraction of sp³-hybridized carbons (Fsp3) is 0.500. The zero-order valence-corrected chi connectivity index (χ0v) is 11.6. The fourth-order valence-corrected chi connectivity index (χ4v) is 2.54. The lowest BCUT2D eigenvalue weighted by molar-refractivity contribution is -0.118. The number of carbonyl (C=O) groups excluding carboxylic acids is 1. The van der Waals surface area contributed by atoms with Crippen LogP contribution in [0, 0.1) is 5.92 Å².